The Morgan fingerprint density at radius 2 is 1.67 bits per heavy atom. The van der Waals surface area contributed by atoms with Gasteiger partial charge in [0.1, 0.15) is 16.5 Å². The summed E-state index contributed by atoms with van der Waals surface area (Å²) in [4.78, 5) is 37.6. The van der Waals surface area contributed by atoms with E-state index in [9.17, 15) is 14.4 Å². The first-order chi connectivity index (χ1) is 12.9. The van der Waals surface area contributed by atoms with Crippen molar-refractivity contribution in [1.82, 2.24) is 0 Å². The van der Waals surface area contributed by atoms with Crippen molar-refractivity contribution in [3.63, 3.8) is 0 Å². The highest BCUT2D eigenvalue weighted by molar-refractivity contribution is 6.53. The fourth-order valence-corrected chi connectivity index (χ4v) is 2.85. The van der Waals surface area contributed by atoms with Gasteiger partial charge in [-0.25, -0.2) is 4.90 Å². The highest BCUT2D eigenvalue weighted by Crippen LogP contribution is 2.31. The third-order valence-corrected chi connectivity index (χ3v) is 4.34. The van der Waals surface area contributed by atoms with Gasteiger partial charge in [-0.3, -0.25) is 14.4 Å². The monoisotopic (exact) mass is 384 g/mol. The van der Waals surface area contributed by atoms with E-state index in [1.165, 1.54) is 6.92 Å². The molecule has 1 aliphatic rings. The van der Waals surface area contributed by atoms with Gasteiger partial charge in [-0.15, -0.1) is 0 Å². The number of carbonyl (C=O) groups excluding carboxylic acids is 3. The van der Waals surface area contributed by atoms with Crippen LogP contribution in [0.15, 0.2) is 59.3 Å². The van der Waals surface area contributed by atoms with Crippen LogP contribution in [0.4, 0.5) is 11.4 Å². The summed E-state index contributed by atoms with van der Waals surface area (Å²) in [6, 6.07) is 13.1. The molecule has 2 aromatic carbocycles. The van der Waals surface area contributed by atoms with Gasteiger partial charge in [0.05, 0.1) is 12.3 Å². The molecule has 0 unspecified atom stereocenters. The maximum absolute atomic E-state index is 12.7. The molecule has 0 bridgehead atoms. The van der Waals surface area contributed by atoms with Crippen LogP contribution in [-0.4, -0.2) is 24.2 Å². The van der Waals surface area contributed by atoms with E-state index in [4.69, 9.17) is 16.3 Å². The number of carbonyl (C=O) groups is 3. The van der Waals surface area contributed by atoms with Crippen LogP contribution in [0.5, 0.6) is 5.75 Å². The molecule has 0 atom stereocenters. The number of hydrogen-bond donors (Lipinski definition) is 1. The number of imide groups is 1. The number of rotatable bonds is 6. The topological polar surface area (TPSA) is 75.7 Å². The lowest BCUT2D eigenvalue weighted by Crippen LogP contribution is -2.32. The molecule has 0 aromatic heterocycles. The number of benzene rings is 2. The average molecular weight is 385 g/mol. The van der Waals surface area contributed by atoms with E-state index >= 15 is 0 Å². The van der Waals surface area contributed by atoms with Gasteiger partial charge in [0.15, 0.2) is 5.78 Å². The molecule has 1 aliphatic heterocycles. The van der Waals surface area contributed by atoms with Crippen LogP contribution in [-0.2, 0) is 9.59 Å². The van der Waals surface area contributed by atoms with Gasteiger partial charge in [0, 0.05) is 11.3 Å². The van der Waals surface area contributed by atoms with Crippen molar-refractivity contribution in [2.75, 3.05) is 16.8 Å². The number of hydrogen-bond acceptors (Lipinski definition) is 5. The number of nitrogens with zero attached hydrogens (tertiary/aromatic N) is 1. The molecule has 0 saturated carbocycles. The smallest absolute Gasteiger partial charge is 0.283 e. The Balaban J connectivity index is 1.82. The van der Waals surface area contributed by atoms with Crippen LogP contribution in [0.25, 0.3) is 0 Å². The summed E-state index contributed by atoms with van der Waals surface area (Å²) >= 11 is 6.11. The fraction of sp³-hybridized carbons (Fsp3) is 0.150. The molecule has 0 fully saturated rings. The van der Waals surface area contributed by atoms with Crippen molar-refractivity contribution in [1.29, 1.82) is 0 Å². The summed E-state index contributed by atoms with van der Waals surface area (Å²) in [5.41, 5.74) is 1.48. The zero-order chi connectivity index (χ0) is 19.6. The molecule has 138 valence electrons. The highest BCUT2D eigenvalue weighted by Gasteiger charge is 2.38. The van der Waals surface area contributed by atoms with Crippen LogP contribution < -0.4 is 15.0 Å². The van der Waals surface area contributed by atoms with Gasteiger partial charge in [-0.2, -0.15) is 0 Å². The molecular formula is C20H17ClN2O4. The summed E-state index contributed by atoms with van der Waals surface area (Å²) in [6.45, 7) is 3.85. The van der Waals surface area contributed by atoms with Gasteiger partial charge < -0.3 is 10.1 Å². The Hall–Kier alpha value is -3.12. The number of halogens is 1. The second-order valence-corrected chi connectivity index (χ2v) is 6.20. The maximum Gasteiger partial charge on any atom is 0.283 e. The second-order valence-electron chi connectivity index (χ2n) is 5.82. The van der Waals surface area contributed by atoms with Crippen molar-refractivity contribution in [2.45, 2.75) is 13.8 Å². The van der Waals surface area contributed by atoms with Gasteiger partial charge in [-0.1, -0.05) is 11.6 Å². The summed E-state index contributed by atoms with van der Waals surface area (Å²) in [7, 11) is 0. The molecule has 0 radical (unpaired) electrons. The minimum atomic E-state index is -0.603. The third-order valence-electron chi connectivity index (χ3n) is 3.99. The van der Waals surface area contributed by atoms with Crippen LogP contribution in [0, 0.1) is 0 Å². The highest BCUT2D eigenvalue weighted by atomic mass is 35.5. The van der Waals surface area contributed by atoms with Gasteiger partial charge in [0.2, 0.25) is 0 Å². The fourth-order valence-electron chi connectivity index (χ4n) is 2.64. The number of nitrogens with one attached hydrogen (secondary N) is 1. The lowest BCUT2D eigenvalue weighted by atomic mass is 10.1. The minimum Gasteiger partial charge on any atom is -0.494 e. The number of anilines is 2. The normalized spacial score (nSPS) is 14.0. The summed E-state index contributed by atoms with van der Waals surface area (Å²) in [5, 5.41) is 2.68. The lowest BCUT2D eigenvalue weighted by molar-refractivity contribution is -0.120. The predicted molar refractivity (Wildman–Crippen MR) is 103 cm³/mol. The van der Waals surface area contributed by atoms with E-state index in [1.807, 2.05) is 6.92 Å². The number of ether oxygens (including phenoxy) is 1. The first-order valence-electron chi connectivity index (χ1n) is 8.31. The standard InChI is InChI=1S/C20H17ClN2O4/c1-3-27-16-10-8-15(9-11-16)23-19(25)17(21)18(20(23)26)22-14-6-4-13(5-7-14)12(2)24/h4-11,22H,3H2,1-2H3. The molecule has 0 saturated heterocycles. The second kappa shape index (κ2) is 7.63. The summed E-state index contributed by atoms with van der Waals surface area (Å²) < 4.78 is 5.36. The molecular weight excluding hydrogens is 368 g/mol. The molecule has 2 aromatic rings. The van der Waals surface area contributed by atoms with Gasteiger partial charge >= 0.3 is 0 Å². The number of Topliss-reactive ketones (excluding diaryl/α,β-unsaturated/α-hetero) is 1. The molecule has 0 aliphatic carbocycles. The summed E-state index contributed by atoms with van der Waals surface area (Å²) in [6.07, 6.45) is 0. The van der Waals surface area contributed by atoms with Crippen molar-refractivity contribution in [2.24, 2.45) is 0 Å². The Labute approximate surface area is 161 Å². The maximum atomic E-state index is 12.7. The Kier molecular flexibility index (Phi) is 5.28. The molecule has 3 rings (SSSR count). The van der Waals surface area contributed by atoms with E-state index in [-0.39, 0.29) is 16.5 Å². The van der Waals surface area contributed by atoms with Crippen molar-refractivity contribution < 1.29 is 19.1 Å². The zero-order valence-corrected chi connectivity index (χ0v) is 15.5. The predicted octanol–water partition coefficient (Wildman–Crippen LogP) is 3.72. The van der Waals surface area contributed by atoms with Crippen LogP contribution >= 0.6 is 11.6 Å². The molecule has 1 heterocycles. The quantitative estimate of drug-likeness (QED) is 0.606. The van der Waals surface area contributed by atoms with Crippen LogP contribution in [0.1, 0.15) is 24.2 Å². The van der Waals surface area contributed by atoms with Crippen molar-refractivity contribution in [3.05, 3.63) is 64.8 Å². The van der Waals surface area contributed by atoms with E-state index in [0.29, 0.717) is 29.3 Å². The number of ketones is 1. The third kappa shape index (κ3) is 3.71. The Morgan fingerprint density at radius 3 is 2.22 bits per heavy atom. The van der Waals surface area contributed by atoms with Gasteiger partial charge in [-0.05, 0) is 62.4 Å². The molecule has 7 heteroatoms. The van der Waals surface area contributed by atoms with Crippen LogP contribution in [0.3, 0.4) is 0 Å². The van der Waals surface area contributed by atoms with E-state index in [0.717, 1.165) is 4.90 Å². The average Bonchev–Trinajstić information content (AvgIpc) is 2.87. The molecule has 27 heavy (non-hydrogen) atoms. The van der Waals surface area contributed by atoms with E-state index < -0.39 is 11.8 Å². The van der Waals surface area contributed by atoms with Crippen molar-refractivity contribution >= 4 is 40.6 Å². The number of amides is 2. The van der Waals surface area contributed by atoms with Crippen LogP contribution in [0.2, 0.25) is 0 Å². The molecule has 0 spiro atoms. The first kappa shape index (κ1) is 18.7. The molecule has 6 nitrogen and oxygen atoms in total. The van der Waals surface area contributed by atoms with E-state index in [1.54, 1.807) is 48.5 Å². The van der Waals surface area contributed by atoms with Crippen molar-refractivity contribution in [3.8, 4) is 5.75 Å². The summed E-state index contributed by atoms with van der Waals surface area (Å²) in [5.74, 6) is -0.575. The Bertz CT molecular complexity index is 933. The Morgan fingerprint density at radius 1 is 1.04 bits per heavy atom. The van der Waals surface area contributed by atoms with E-state index in [2.05, 4.69) is 5.32 Å². The van der Waals surface area contributed by atoms with Gasteiger partial charge in [0.25, 0.3) is 11.8 Å². The molecule has 2 amide bonds. The largest absolute Gasteiger partial charge is 0.494 e. The minimum absolute atomic E-state index is 0.00822. The first-order valence-corrected chi connectivity index (χ1v) is 8.69. The zero-order valence-electron chi connectivity index (χ0n) is 14.8. The lowest BCUT2D eigenvalue weighted by Gasteiger charge is -2.15. The SMILES string of the molecule is CCOc1ccc(N2C(=O)C(Cl)=C(Nc3ccc(C(C)=O)cc3)C2=O)cc1. The molecule has 1 N–H and O–H groups in total.